The molecule has 1 aromatic rings. The fourth-order valence-corrected chi connectivity index (χ4v) is 2.40. The molecule has 2 amide bonds. The van der Waals surface area contributed by atoms with Crippen LogP contribution in [0.1, 0.15) is 30.1 Å². The highest BCUT2D eigenvalue weighted by molar-refractivity contribution is 5.96. The van der Waals surface area contributed by atoms with E-state index in [2.05, 4.69) is 16.0 Å². The van der Waals surface area contributed by atoms with Gasteiger partial charge in [-0.1, -0.05) is 0 Å². The maximum absolute atomic E-state index is 13.5. The number of benzene rings is 1. The Morgan fingerprint density at radius 1 is 1.43 bits per heavy atom. The van der Waals surface area contributed by atoms with Crippen molar-refractivity contribution < 1.29 is 14.0 Å². The maximum atomic E-state index is 13.5. The quantitative estimate of drug-likeness (QED) is 0.771. The molecular formula is C15H20FN3O2. The molecule has 1 fully saturated rings. The predicted molar refractivity (Wildman–Crippen MR) is 78.6 cm³/mol. The van der Waals surface area contributed by atoms with Crippen molar-refractivity contribution in [3.8, 4) is 0 Å². The Balaban J connectivity index is 1.90. The second-order valence-electron chi connectivity index (χ2n) is 5.28. The smallest absolute Gasteiger partial charge is 0.251 e. The van der Waals surface area contributed by atoms with Crippen LogP contribution in [0.15, 0.2) is 18.2 Å². The van der Waals surface area contributed by atoms with Crippen molar-refractivity contribution >= 4 is 17.5 Å². The third kappa shape index (κ3) is 4.53. The first-order chi connectivity index (χ1) is 10.1. The molecule has 5 nitrogen and oxygen atoms in total. The molecule has 1 aliphatic heterocycles. The first kappa shape index (κ1) is 15.4. The van der Waals surface area contributed by atoms with Gasteiger partial charge < -0.3 is 16.0 Å². The molecule has 0 aliphatic carbocycles. The summed E-state index contributed by atoms with van der Waals surface area (Å²) >= 11 is 0. The van der Waals surface area contributed by atoms with Gasteiger partial charge in [-0.2, -0.15) is 0 Å². The fourth-order valence-electron chi connectivity index (χ4n) is 2.40. The summed E-state index contributed by atoms with van der Waals surface area (Å²) in [4.78, 5) is 23.0. The highest BCUT2D eigenvalue weighted by Crippen LogP contribution is 2.16. The Kier molecular flexibility index (Phi) is 5.27. The number of hydrogen-bond acceptors (Lipinski definition) is 3. The minimum Gasteiger partial charge on any atom is -0.352 e. The van der Waals surface area contributed by atoms with Crippen LogP contribution in [0.4, 0.5) is 10.1 Å². The van der Waals surface area contributed by atoms with Gasteiger partial charge in [0.25, 0.3) is 5.91 Å². The number of carbonyl (C=O) groups is 2. The Bertz CT molecular complexity index is 528. The molecule has 0 aromatic heterocycles. The number of nitrogens with one attached hydrogen (secondary N) is 3. The largest absolute Gasteiger partial charge is 0.352 e. The number of hydrogen-bond donors (Lipinski definition) is 3. The molecule has 6 heteroatoms. The van der Waals surface area contributed by atoms with Crippen LogP contribution in [0.5, 0.6) is 0 Å². The molecule has 114 valence electrons. The lowest BCUT2D eigenvalue weighted by Crippen LogP contribution is -2.26. The average molecular weight is 293 g/mol. The van der Waals surface area contributed by atoms with E-state index in [9.17, 15) is 14.0 Å². The lowest BCUT2D eigenvalue weighted by Gasteiger charge is -2.10. The predicted octanol–water partition coefficient (Wildman–Crippen LogP) is 1.51. The summed E-state index contributed by atoms with van der Waals surface area (Å²) in [6.45, 7) is 3.93. The summed E-state index contributed by atoms with van der Waals surface area (Å²) in [5.41, 5.74) is 0.361. The lowest BCUT2D eigenvalue weighted by molar-refractivity contribution is -0.114. The van der Waals surface area contributed by atoms with E-state index < -0.39 is 5.82 Å². The summed E-state index contributed by atoms with van der Waals surface area (Å²) in [5.74, 6) is -0.583. The van der Waals surface area contributed by atoms with Gasteiger partial charge in [0.05, 0.1) is 5.69 Å². The van der Waals surface area contributed by atoms with Gasteiger partial charge in [-0.25, -0.2) is 4.39 Å². The van der Waals surface area contributed by atoms with E-state index in [1.807, 2.05) is 0 Å². The Morgan fingerprint density at radius 2 is 2.24 bits per heavy atom. The lowest BCUT2D eigenvalue weighted by atomic mass is 10.1. The maximum Gasteiger partial charge on any atom is 0.251 e. The summed E-state index contributed by atoms with van der Waals surface area (Å²) in [5, 5.41) is 8.47. The summed E-state index contributed by atoms with van der Waals surface area (Å²) in [7, 11) is 0. The van der Waals surface area contributed by atoms with Gasteiger partial charge >= 0.3 is 0 Å². The third-order valence-corrected chi connectivity index (χ3v) is 3.54. The monoisotopic (exact) mass is 293 g/mol. The fraction of sp³-hybridized carbons (Fsp3) is 0.467. The van der Waals surface area contributed by atoms with Gasteiger partial charge in [0, 0.05) is 19.0 Å². The van der Waals surface area contributed by atoms with Gasteiger partial charge in [0.15, 0.2) is 0 Å². The number of amides is 2. The average Bonchev–Trinajstić information content (AvgIpc) is 2.94. The van der Waals surface area contributed by atoms with Crippen LogP contribution in [-0.2, 0) is 4.79 Å². The minimum absolute atomic E-state index is 0.0233. The van der Waals surface area contributed by atoms with E-state index in [1.165, 1.54) is 25.1 Å². The second kappa shape index (κ2) is 7.17. The Morgan fingerprint density at radius 3 is 2.90 bits per heavy atom. The molecule has 0 radical (unpaired) electrons. The van der Waals surface area contributed by atoms with E-state index >= 15 is 0 Å². The zero-order valence-corrected chi connectivity index (χ0v) is 12.0. The SMILES string of the molecule is CC(=O)Nc1cc(C(=O)NCCC2CCNC2)ccc1F. The molecule has 1 aliphatic rings. The molecule has 2 rings (SSSR count). The van der Waals surface area contributed by atoms with Crippen molar-refractivity contribution in [1.29, 1.82) is 0 Å². The van der Waals surface area contributed by atoms with Gasteiger partial charge in [-0.15, -0.1) is 0 Å². The molecule has 1 saturated heterocycles. The zero-order valence-electron chi connectivity index (χ0n) is 12.0. The molecule has 1 aromatic carbocycles. The summed E-state index contributed by atoms with van der Waals surface area (Å²) in [6.07, 6.45) is 2.07. The third-order valence-electron chi connectivity index (χ3n) is 3.54. The van der Waals surface area contributed by atoms with Crippen LogP contribution in [0, 0.1) is 11.7 Å². The molecule has 0 bridgehead atoms. The molecular weight excluding hydrogens is 273 g/mol. The number of carbonyl (C=O) groups excluding carboxylic acids is 2. The number of rotatable bonds is 5. The number of halogens is 1. The van der Waals surface area contributed by atoms with E-state index in [0.717, 1.165) is 25.9 Å². The molecule has 3 N–H and O–H groups in total. The molecule has 1 unspecified atom stereocenters. The van der Waals surface area contributed by atoms with Crippen molar-refractivity contribution in [3.63, 3.8) is 0 Å². The van der Waals surface area contributed by atoms with E-state index in [-0.39, 0.29) is 17.5 Å². The molecule has 0 saturated carbocycles. The first-order valence-electron chi connectivity index (χ1n) is 7.12. The van der Waals surface area contributed by atoms with Crippen molar-refractivity contribution in [2.75, 3.05) is 25.0 Å². The highest BCUT2D eigenvalue weighted by Gasteiger charge is 2.15. The Labute approximate surface area is 123 Å². The Hall–Kier alpha value is -1.95. The topological polar surface area (TPSA) is 70.2 Å². The summed E-state index contributed by atoms with van der Waals surface area (Å²) < 4.78 is 13.5. The van der Waals surface area contributed by atoms with E-state index in [1.54, 1.807) is 0 Å². The molecule has 21 heavy (non-hydrogen) atoms. The van der Waals surface area contributed by atoms with Crippen molar-refractivity contribution in [1.82, 2.24) is 10.6 Å². The van der Waals surface area contributed by atoms with Crippen molar-refractivity contribution in [2.24, 2.45) is 5.92 Å². The van der Waals surface area contributed by atoms with Gasteiger partial charge in [0.2, 0.25) is 5.91 Å². The van der Waals surface area contributed by atoms with Crippen LogP contribution in [0.25, 0.3) is 0 Å². The van der Waals surface area contributed by atoms with Gasteiger partial charge in [-0.3, -0.25) is 9.59 Å². The normalized spacial score (nSPS) is 17.5. The van der Waals surface area contributed by atoms with Crippen molar-refractivity contribution in [2.45, 2.75) is 19.8 Å². The molecule has 0 spiro atoms. The standard InChI is InChI=1S/C15H20FN3O2/c1-10(20)19-14-8-12(2-3-13(14)16)15(21)18-7-5-11-4-6-17-9-11/h2-3,8,11,17H,4-7,9H2,1H3,(H,18,21)(H,19,20). The molecule has 1 atom stereocenters. The highest BCUT2D eigenvalue weighted by atomic mass is 19.1. The van der Waals surface area contributed by atoms with Crippen LogP contribution >= 0.6 is 0 Å². The van der Waals surface area contributed by atoms with E-state index in [0.29, 0.717) is 18.0 Å². The van der Waals surface area contributed by atoms with Crippen LogP contribution in [-0.4, -0.2) is 31.4 Å². The second-order valence-corrected chi connectivity index (χ2v) is 5.28. The molecule has 1 heterocycles. The van der Waals surface area contributed by atoms with Gasteiger partial charge in [-0.05, 0) is 50.0 Å². The summed E-state index contributed by atoms with van der Waals surface area (Å²) in [6, 6.07) is 3.94. The van der Waals surface area contributed by atoms with Crippen LogP contribution in [0.3, 0.4) is 0 Å². The van der Waals surface area contributed by atoms with Crippen molar-refractivity contribution in [3.05, 3.63) is 29.6 Å². The van der Waals surface area contributed by atoms with Crippen LogP contribution < -0.4 is 16.0 Å². The number of anilines is 1. The van der Waals surface area contributed by atoms with E-state index in [4.69, 9.17) is 0 Å². The minimum atomic E-state index is -0.557. The van der Waals surface area contributed by atoms with Crippen LogP contribution in [0.2, 0.25) is 0 Å². The zero-order chi connectivity index (χ0) is 15.2. The first-order valence-corrected chi connectivity index (χ1v) is 7.12. The van der Waals surface area contributed by atoms with Gasteiger partial charge in [0.1, 0.15) is 5.82 Å².